The Morgan fingerprint density at radius 1 is 1.67 bits per heavy atom. The highest BCUT2D eigenvalue weighted by Gasteiger charge is 2.36. The van der Waals surface area contributed by atoms with Crippen molar-refractivity contribution >= 4 is 28.7 Å². The molecule has 0 spiro atoms. The second-order valence-electron chi connectivity index (χ2n) is 4.28. The van der Waals surface area contributed by atoms with Crippen molar-refractivity contribution in [3.8, 4) is 0 Å². The van der Waals surface area contributed by atoms with Crippen molar-refractivity contribution in [2.75, 3.05) is 13.1 Å². The van der Waals surface area contributed by atoms with Crippen LogP contribution in [0.25, 0.3) is 0 Å². The lowest BCUT2D eigenvalue weighted by atomic mass is 9.77. The number of halogens is 1. The Bertz CT molecular complexity index is 368. The predicted octanol–water partition coefficient (Wildman–Crippen LogP) is 2.97. The van der Waals surface area contributed by atoms with Gasteiger partial charge < -0.3 is 5.32 Å². The van der Waals surface area contributed by atoms with E-state index < -0.39 is 0 Å². The van der Waals surface area contributed by atoms with E-state index in [2.05, 4.69) is 5.32 Å². The summed E-state index contributed by atoms with van der Waals surface area (Å²) >= 11 is 7.41. The number of thiophene rings is 1. The minimum Gasteiger partial charge on any atom is -0.316 e. The zero-order valence-electron chi connectivity index (χ0n) is 8.68. The highest BCUT2D eigenvalue weighted by molar-refractivity contribution is 7.14. The maximum absolute atomic E-state index is 12.3. The van der Waals surface area contributed by atoms with E-state index in [4.69, 9.17) is 11.6 Å². The van der Waals surface area contributed by atoms with E-state index in [1.807, 2.05) is 18.4 Å². The van der Waals surface area contributed by atoms with Crippen LogP contribution < -0.4 is 5.32 Å². The fraction of sp³-hybridized carbons (Fsp3) is 0.545. The zero-order chi connectivity index (χ0) is 10.9. The summed E-state index contributed by atoms with van der Waals surface area (Å²) in [6.07, 6.45) is 2.01. The number of hydrogen-bond acceptors (Lipinski definition) is 3. The van der Waals surface area contributed by atoms with Gasteiger partial charge >= 0.3 is 0 Å². The Hall–Kier alpha value is -0.380. The summed E-state index contributed by atoms with van der Waals surface area (Å²) in [5, 5.41) is 5.15. The van der Waals surface area contributed by atoms with E-state index in [0.717, 1.165) is 25.9 Å². The first-order valence-corrected chi connectivity index (χ1v) is 6.38. The van der Waals surface area contributed by atoms with Crippen LogP contribution in [0.2, 0.25) is 4.34 Å². The molecule has 0 saturated carbocycles. The van der Waals surface area contributed by atoms with Crippen LogP contribution >= 0.6 is 22.9 Å². The average molecular weight is 244 g/mol. The molecule has 1 atom stereocenters. The summed E-state index contributed by atoms with van der Waals surface area (Å²) in [6.45, 7) is 3.80. The summed E-state index contributed by atoms with van der Waals surface area (Å²) < 4.78 is 0.617. The number of rotatable bonds is 2. The summed E-state index contributed by atoms with van der Waals surface area (Å²) in [5.41, 5.74) is 0.413. The first-order valence-electron chi connectivity index (χ1n) is 5.12. The van der Waals surface area contributed by atoms with E-state index >= 15 is 0 Å². The first-order chi connectivity index (χ1) is 7.13. The first kappa shape index (κ1) is 11.1. The van der Waals surface area contributed by atoms with Gasteiger partial charge in [-0.25, -0.2) is 0 Å². The van der Waals surface area contributed by atoms with Crippen LogP contribution in [0.4, 0.5) is 0 Å². The molecule has 0 aliphatic carbocycles. The van der Waals surface area contributed by atoms with Gasteiger partial charge in [-0.1, -0.05) is 18.5 Å². The molecule has 0 bridgehead atoms. The molecule has 1 aromatic heterocycles. The van der Waals surface area contributed by atoms with Gasteiger partial charge in [0.15, 0.2) is 5.78 Å². The van der Waals surface area contributed by atoms with Crippen LogP contribution in [-0.4, -0.2) is 18.9 Å². The second kappa shape index (κ2) is 4.24. The largest absolute Gasteiger partial charge is 0.316 e. The maximum atomic E-state index is 12.3. The Balaban J connectivity index is 2.23. The van der Waals surface area contributed by atoms with Gasteiger partial charge in [0, 0.05) is 17.5 Å². The monoisotopic (exact) mass is 243 g/mol. The van der Waals surface area contributed by atoms with Crippen LogP contribution in [0, 0.1) is 5.41 Å². The van der Waals surface area contributed by atoms with Crippen molar-refractivity contribution in [2.45, 2.75) is 19.8 Å². The van der Waals surface area contributed by atoms with Crippen LogP contribution in [-0.2, 0) is 0 Å². The van der Waals surface area contributed by atoms with Crippen molar-refractivity contribution in [1.82, 2.24) is 5.32 Å². The Morgan fingerprint density at radius 2 is 2.47 bits per heavy atom. The summed E-state index contributed by atoms with van der Waals surface area (Å²) in [5.74, 6) is 0.181. The van der Waals surface area contributed by atoms with Crippen molar-refractivity contribution < 1.29 is 4.79 Å². The third kappa shape index (κ3) is 2.10. The molecule has 4 heteroatoms. The molecule has 2 rings (SSSR count). The van der Waals surface area contributed by atoms with Crippen molar-refractivity contribution in [3.05, 3.63) is 21.3 Å². The van der Waals surface area contributed by atoms with Gasteiger partial charge in [-0.05, 0) is 30.8 Å². The van der Waals surface area contributed by atoms with Crippen LogP contribution in [0.3, 0.4) is 0 Å². The van der Waals surface area contributed by atoms with Crippen molar-refractivity contribution in [2.24, 2.45) is 5.41 Å². The fourth-order valence-corrected chi connectivity index (χ4v) is 2.95. The summed E-state index contributed by atoms with van der Waals surface area (Å²) in [6, 6.07) is 1.83. The molecule has 1 N–H and O–H groups in total. The average Bonchev–Trinajstić information content (AvgIpc) is 2.64. The van der Waals surface area contributed by atoms with E-state index in [1.54, 1.807) is 0 Å². The molecule has 1 saturated heterocycles. The van der Waals surface area contributed by atoms with E-state index in [0.29, 0.717) is 9.90 Å². The highest BCUT2D eigenvalue weighted by atomic mass is 35.5. The van der Waals surface area contributed by atoms with E-state index in [9.17, 15) is 4.79 Å². The molecular weight excluding hydrogens is 230 g/mol. The molecule has 1 unspecified atom stereocenters. The molecule has 1 aliphatic heterocycles. The minimum absolute atomic E-state index is 0.181. The van der Waals surface area contributed by atoms with Crippen molar-refractivity contribution in [1.29, 1.82) is 0 Å². The smallest absolute Gasteiger partial charge is 0.172 e. The molecule has 0 amide bonds. The Labute approximate surface area is 98.6 Å². The van der Waals surface area contributed by atoms with Crippen LogP contribution in [0.15, 0.2) is 11.4 Å². The quantitative estimate of drug-likeness (QED) is 0.810. The van der Waals surface area contributed by atoms with Gasteiger partial charge in [0.2, 0.25) is 0 Å². The lowest BCUT2D eigenvalue weighted by Gasteiger charge is -2.32. The van der Waals surface area contributed by atoms with Gasteiger partial charge in [0.25, 0.3) is 0 Å². The lowest BCUT2D eigenvalue weighted by molar-refractivity contribution is 0.0773. The van der Waals surface area contributed by atoms with Gasteiger partial charge in [-0.3, -0.25) is 4.79 Å². The number of carbonyl (C=O) groups is 1. The lowest BCUT2D eigenvalue weighted by Crippen LogP contribution is -2.43. The molecule has 1 fully saturated rings. The Morgan fingerprint density at radius 3 is 3.00 bits per heavy atom. The number of Topliss-reactive ketones (excluding diaryl/α,β-unsaturated/α-hetero) is 1. The third-order valence-corrected chi connectivity index (χ3v) is 4.18. The molecular formula is C11H14ClNOS. The molecule has 1 aromatic rings. The molecule has 1 aliphatic rings. The SMILES string of the molecule is CC1(C(=O)c2ccsc2Cl)CCCNC1. The van der Waals surface area contributed by atoms with Gasteiger partial charge in [-0.15, -0.1) is 11.3 Å². The van der Waals surface area contributed by atoms with Crippen molar-refractivity contribution in [3.63, 3.8) is 0 Å². The number of ketones is 1. The number of carbonyl (C=O) groups excluding carboxylic acids is 1. The standard InChI is InChI=1S/C11H14ClNOS/c1-11(4-2-5-13-7-11)9(14)8-3-6-15-10(8)12/h3,6,13H,2,4-5,7H2,1H3. The number of nitrogens with one attached hydrogen (secondary N) is 1. The number of hydrogen-bond donors (Lipinski definition) is 1. The van der Waals surface area contributed by atoms with Gasteiger partial charge in [0.05, 0.1) is 0 Å². The third-order valence-electron chi connectivity index (χ3n) is 3.01. The molecule has 0 radical (unpaired) electrons. The molecule has 2 heterocycles. The normalized spacial score (nSPS) is 26.5. The summed E-state index contributed by atoms with van der Waals surface area (Å²) in [7, 11) is 0. The van der Waals surface area contributed by atoms with Gasteiger partial charge in [-0.2, -0.15) is 0 Å². The van der Waals surface area contributed by atoms with Gasteiger partial charge in [0.1, 0.15) is 4.34 Å². The molecule has 2 nitrogen and oxygen atoms in total. The zero-order valence-corrected chi connectivity index (χ0v) is 10.3. The Kier molecular flexibility index (Phi) is 3.14. The minimum atomic E-state index is -0.275. The topological polar surface area (TPSA) is 29.1 Å². The maximum Gasteiger partial charge on any atom is 0.172 e. The molecule has 82 valence electrons. The van der Waals surface area contributed by atoms with E-state index in [-0.39, 0.29) is 11.2 Å². The van der Waals surface area contributed by atoms with Crippen LogP contribution in [0.5, 0.6) is 0 Å². The van der Waals surface area contributed by atoms with E-state index in [1.165, 1.54) is 11.3 Å². The molecule has 0 aromatic carbocycles. The fourth-order valence-electron chi connectivity index (χ4n) is 2.03. The summed E-state index contributed by atoms with van der Waals surface area (Å²) in [4.78, 5) is 12.3. The molecule has 15 heavy (non-hydrogen) atoms. The predicted molar refractivity (Wildman–Crippen MR) is 63.9 cm³/mol. The number of piperidine rings is 1. The highest BCUT2D eigenvalue weighted by Crippen LogP contribution is 2.34. The van der Waals surface area contributed by atoms with Crippen LogP contribution in [0.1, 0.15) is 30.1 Å². The second-order valence-corrected chi connectivity index (χ2v) is 5.80.